The Hall–Kier alpha value is -1.63. The molecule has 0 aromatic carbocycles. The second kappa shape index (κ2) is 18.7. The standard InChI is InChI=1S/C21H40N2O5/c1-18(21(27)28)22-16-14-12-10-8-6-4-2-3-5-7-9-11-13-15-19(24)23-17-20(25)26/h18,22H,2-17H2,1H3,(H,23,24)(H,25,26)(H,27,28)/t18-/m0/s1. The van der Waals surface area contributed by atoms with Crippen LogP contribution in [-0.4, -0.2) is 47.2 Å². The second-order valence-electron chi connectivity index (χ2n) is 7.53. The SMILES string of the molecule is C[C@H](NCCCCCCCCCCCCCCCC(=O)NCC(=O)O)C(=O)O. The summed E-state index contributed by atoms with van der Waals surface area (Å²) >= 11 is 0. The van der Waals surface area contributed by atoms with Gasteiger partial charge >= 0.3 is 11.9 Å². The molecule has 0 aliphatic carbocycles. The molecular formula is C21H40N2O5. The maximum absolute atomic E-state index is 11.3. The first-order valence-corrected chi connectivity index (χ1v) is 10.9. The zero-order chi connectivity index (χ0) is 21.0. The predicted octanol–water partition coefficient (Wildman–Crippen LogP) is 3.71. The van der Waals surface area contributed by atoms with E-state index in [0.29, 0.717) is 6.42 Å². The topological polar surface area (TPSA) is 116 Å². The minimum atomic E-state index is -1.01. The van der Waals surface area contributed by atoms with Gasteiger partial charge in [0.2, 0.25) is 5.91 Å². The number of amides is 1. The molecule has 0 saturated heterocycles. The molecule has 0 spiro atoms. The number of nitrogens with one attached hydrogen (secondary N) is 2. The van der Waals surface area contributed by atoms with E-state index in [1.165, 1.54) is 51.4 Å². The van der Waals surface area contributed by atoms with Gasteiger partial charge in [-0.3, -0.25) is 14.4 Å². The highest BCUT2D eigenvalue weighted by Crippen LogP contribution is 2.12. The first-order valence-electron chi connectivity index (χ1n) is 10.9. The number of carbonyl (C=O) groups excluding carboxylic acids is 1. The monoisotopic (exact) mass is 400 g/mol. The summed E-state index contributed by atoms with van der Waals surface area (Å²) in [6.45, 7) is 2.16. The Labute approximate surface area is 169 Å². The van der Waals surface area contributed by atoms with Crippen molar-refractivity contribution in [2.75, 3.05) is 13.1 Å². The van der Waals surface area contributed by atoms with E-state index in [0.717, 1.165) is 38.6 Å². The highest BCUT2D eigenvalue weighted by Gasteiger charge is 2.08. The van der Waals surface area contributed by atoms with Crippen LogP contribution in [0, 0.1) is 0 Å². The number of aliphatic carboxylic acids is 2. The molecule has 0 fully saturated rings. The van der Waals surface area contributed by atoms with Crippen molar-refractivity contribution in [1.82, 2.24) is 10.6 Å². The molecule has 7 heteroatoms. The minimum absolute atomic E-state index is 0.173. The quantitative estimate of drug-likeness (QED) is 0.232. The van der Waals surface area contributed by atoms with Crippen LogP contribution in [0.4, 0.5) is 0 Å². The average Bonchev–Trinajstić information content (AvgIpc) is 2.65. The number of hydrogen-bond donors (Lipinski definition) is 4. The highest BCUT2D eigenvalue weighted by molar-refractivity contribution is 5.80. The van der Waals surface area contributed by atoms with E-state index in [1.807, 2.05) is 0 Å². The van der Waals surface area contributed by atoms with Gasteiger partial charge in [0.1, 0.15) is 12.6 Å². The molecule has 28 heavy (non-hydrogen) atoms. The van der Waals surface area contributed by atoms with E-state index in [9.17, 15) is 14.4 Å². The Morgan fingerprint density at radius 3 is 1.57 bits per heavy atom. The second-order valence-corrected chi connectivity index (χ2v) is 7.53. The molecule has 0 aliphatic rings. The van der Waals surface area contributed by atoms with E-state index in [2.05, 4.69) is 10.6 Å². The molecule has 0 rings (SSSR count). The Kier molecular flexibility index (Phi) is 17.6. The van der Waals surface area contributed by atoms with Gasteiger partial charge in [0, 0.05) is 6.42 Å². The van der Waals surface area contributed by atoms with E-state index >= 15 is 0 Å². The highest BCUT2D eigenvalue weighted by atomic mass is 16.4. The van der Waals surface area contributed by atoms with Gasteiger partial charge in [-0.2, -0.15) is 0 Å². The molecule has 1 atom stereocenters. The Balaban J connectivity index is 3.17. The molecule has 7 nitrogen and oxygen atoms in total. The smallest absolute Gasteiger partial charge is 0.322 e. The van der Waals surface area contributed by atoms with Gasteiger partial charge < -0.3 is 20.8 Å². The third kappa shape index (κ3) is 19.1. The maximum atomic E-state index is 11.3. The van der Waals surface area contributed by atoms with Crippen LogP contribution in [0.5, 0.6) is 0 Å². The van der Waals surface area contributed by atoms with Gasteiger partial charge in [0.15, 0.2) is 0 Å². The molecule has 4 N–H and O–H groups in total. The van der Waals surface area contributed by atoms with Crippen LogP contribution >= 0.6 is 0 Å². The summed E-state index contributed by atoms with van der Waals surface area (Å²) in [6, 6.07) is -0.455. The summed E-state index contributed by atoms with van der Waals surface area (Å²) in [5.41, 5.74) is 0. The maximum Gasteiger partial charge on any atom is 0.322 e. The normalized spacial score (nSPS) is 11.9. The summed E-state index contributed by atoms with van der Waals surface area (Å²) in [5, 5.41) is 22.6. The largest absolute Gasteiger partial charge is 0.480 e. The Morgan fingerprint density at radius 1 is 0.714 bits per heavy atom. The van der Waals surface area contributed by atoms with Gasteiger partial charge in [-0.1, -0.05) is 70.6 Å². The summed E-state index contributed by atoms with van der Waals surface area (Å²) in [5.74, 6) is -1.97. The van der Waals surface area contributed by atoms with Gasteiger partial charge in [0.05, 0.1) is 0 Å². The van der Waals surface area contributed by atoms with Crippen molar-refractivity contribution in [2.45, 2.75) is 103 Å². The molecule has 0 saturated carbocycles. The summed E-state index contributed by atoms with van der Waals surface area (Å²) < 4.78 is 0. The molecule has 0 aromatic rings. The fourth-order valence-corrected chi connectivity index (χ4v) is 3.02. The van der Waals surface area contributed by atoms with Gasteiger partial charge in [-0.25, -0.2) is 0 Å². The minimum Gasteiger partial charge on any atom is -0.480 e. The van der Waals surface area contributed by atoms with Crippen LogP contribution in [0.25, 0.3) is 0 Å². The molecule has 164 valence electrons. The summed E-state index contributed by atoms with van der Waals surface area (Å²) in [7, 11) is 0. The molecule has 0 bridgehead atoms. The van der Waals surface area contributed by atoms with Crippen LogP contribution in [0.15, 0.2) is 0 Å². The first kappa shape index (κ1) is 26.4. The molecular weight excluding hydrogens is 360 g/mol. The molecule has 0 aromatic heterocycles. The van der Waals surface area contributed by atoms with Crippen molar-refractivity contribution in [3.63, 3.8) is 0 Å². The van der Waals surface area contributed by atoms with Crippen LogP contribution in [0.1, 0.15) is 96.8 Å². The number of carboxylic acids is 2. The van der Waals surface area contributed by atoms with E-state index in [4.69, 9.17) is 10.2 Å². The number of carbonyl (C=O) groups is 3. The van der Waals surface area contributed by atoms with Crippen LogP contribution in [0.3, 0.4) is 0 Å². The van der Waals surface area contributed by atoms with Crippen LogP contribution in [-0.2, 0) is 14.4 Å². The number of carboxylic acid groups (broad SMARTS) is 2. The van der Waals surface area contributed by atoms with Crippen molar-refractivity contribution in [1.29, 1.82) is 0 Å². The average molecular weight is 401 g/mol. The lowest BCUT2D eigenvalue weighted by molar-refractivity contribution is -0.139. The van der Waals surface area contributed by atoms with Gasteiger partial charge in [0.25, 0.3) is 0 Å². The lowest BCUT2D eigenvalue weighted by Gasteiger charge is -2.08. The fourth-order valence-electron chi connectivity index (χ4n) is 3.02. The summed E-state index contributed by atoms with van der Waals surface area (Å²) in [6.07, 6.45) is 15.7. The molecule has 0 unspecified atom stereocenters. The number of hydrogen-bond acceptors (Lipinski definition) is 4. The van der Waals surface area contributed by atoms with Gasteiger partial charge in [-0.15, -0.1) is 0 Å². The fraction of sp³-hybridized carbons (Fsp3) is 0.857. The third-order valence-electron chi connectivity index (χ3n) is 4.84. The Morgan fingerprint density at radius 2 is 1.14 bits per heavy atom. The number of rotatable bonds is 20. The lowest BCUT2D eigenvalue weighted by Crippen LogP contribution is -2.34. The van der Waals surface area contributed by atoms with Gasteiger partial charge in [-0.05, 0) is 26.3 Å². The van der Waals surface area contributed by atoms with E-state index < -0.39 is 18.0 Å². The van der Waals surface area contributed by atoms with E-state index in [-0.39, 0.29) is 12.5 Å². The molecule has 0 heterocycles. The molecule has 1 amide bonds. The van der Waals surface area contributed by atoms with Crippen LogP contribution in [0.2, 0.25) is 0 Å². The van der Waals surface area contributed by atoms with Crippen molar-refractivity contribution in [3.8, 4) is 0 Å². The van der Waals surface area contributed by atoms with Crippen molar-refractivity contribution >= 4 is 17.8 Å². The van der Waals surface area contributed by atoms with Crippen molar-refractivity contribution in [3.05, 3.63) is 0 Å². The van der Waals surface area contributed by atoms with Crippen molar-refractivity contribution < 1.29 is 24.6 Å². The zero-order valence-corrected chi connectivity index (χ0v) is 17.5. The summed E-state index contributed by atoms with van der Waals surface area (Å²) in [4.78, 5) is 32.3. The van der Waals surface area contributed by atoms with E-state index in [1.54, 1.807) is 6.92 Å². The van der Waals surface area contributed by atoms with Crippen molar-refractivity contribution in [2.24, 2.45) is 0 Å². The lowest BCUT2D eigenvalue weighted by atomic mass is 10.0. The zero-order valence-electron chi connectivity index (χ0n) is 17.5. The third-order valence-corrected chi connectivity index (χ3v) is 4.84. The first-order chi connectivity index (χ1) is 13.4. The van der Waals surface area contributed by atoms with Crippen LogP contribution < -0.4 is 10.6 Å². The molecule has 0 radical (unpaired) electrons. The number of unbranched alkanes of at least 4 members (excludes halogenated alkanes) is 12. The molecule has 0 aliphatic heterocycles. The predicted molar refractivity (Wildman–Crippen MR) is 110 cm³/mol. The Bertz CT molecular complexity index is 429.